The summed E-state index contributed by atoms with van der Waals surface area (Å²) in [6.07, 6.45) is 0. The van der Waals surface area contributed by atoms with Gasteiger partial charge in [-0.3, -0.25) is 0 Å². The molecule has 0 aromatic carbocycles. The zero-order valence-corrected chi connectivity index (χ0v) is 3.17. The fraction of sp³-hybridized carbons (Fsp3) is 0. The first-order chi connectivity index (χ1) is 2.00. The van der Waals surface area contributed by atoms with Crippen LogP contribution in [0.25, 0.3) is 0 Å². The van der Waals surface area contributed by atoms with Crippen molar-refractivity contribution in [3.8, 4) is 0 Å². The van der Waals surface area contributed by atoms with Gasteiger partial charge in [-0.25, -0.2) is 10.7 Å². The van der Waals surface area contributed by atoms with Crippen LogP contribution < -0.4 is 5.50 Å². The highest BCUT2D eigenvalue weighted by atomic mass is 31.2. The summed E-state index contributed by atoms with van der Waals surface area (Å²) < 4.78 is 21.2. The van der Waals surface area contributed by atoms with Crippen LogP contribution in [0.15, 0.2) is 0 Å². The third-order valence-electron chi connectivity index (χ3n) is 0. The second-order valence-electron chi connectivity index (χ2n) is 0.557. The maximum atomic E-state index is 10.6. The van der Waals surface area contributed by atoms with E-state index < -0.39 is 7.83 Å². The molecule has 0 aliphatic heterocycles. The standard InChI is InChI=1S/F2H3N2P/c1-5(2,3)4/h(H3,3,4). The monoisotopic (exact) mass is 100 g/mol. The van der Waals surface area contributed by atoms with Gasteiger partial charge in [0.15, 0.2) is 0 Å². The third-order valence-corrected chi connectivity index (χ3v) is 0. The van der Waals surface area contributed by atoms with E-state index in [4.69, 9.17) is 5.16 Å². The van der Waals surface area contributed by atoms with E-state index in [1.54, 1.807) is 0 Å². The van der Waals surface area contributed by atoms with Gasteiger partial charge in [-0.2, -0.15) is 8.39 Å². The summed E-state index contributed by atoms with van der Waals surface area (Å²) in [6, 6.07) is 0. The Balaban J connectivity index is 3.47. The van der Waals surface area contributed by atoms with Crippen LogP contribution >= 0.6 is 7.83 Å². The maximum Gasteiger partial charge on any atom is 0.359 e. The Labute approximate surface area is 28.1 Å². The average molecular weight is 100 g/mol. The first-order valence-corrected chi connectivity index (χ1v) is 2.46. The van der Waals surface area contributed by atoms with Crippen LogP contribution in [-0.2, 0) is 0 Å². The first kappa shape index (κ1) is 5.05. The van der Waals surface area contributed by atoms with Gasteiger partial charge in [-0.1, -0.05) is 0 Å². The Morgan fingerprint density at radius 2 is 1.60 bits per heavy atom. The van der Waals surface area contributed by atoms with Crippen molar-refractivity contribution in [2.24, 2.45) is 5.50 Å². The van der Waals surface area contributed by atoms with E-state index in [0.29, 0.717) is 0 Å². The molecule has 0 spiro atoms. The lowest BCUT2D eigenvalue weighted by Crippen LogP contribution is -1.73. The molecule has 0 rings (SSSR count). The number of nitrogens with two attached hydrogens (primary N) is 1. The number of hydrogen-bond acceptors (Lipinski definition) is 1. The van der Waals surface area contributed by atoms with E-state index in [-0.39, 0.29) is 0 Å². The van der Waals surface area contributed by atoms with E-state index >= 15 is 0 Å². The molecule has 0 saturated carbocycles. The molecule has 0 unspecified atom stereocenters. The predicted molar refractivity (Wildman–Crippen MR) is 16.0 cm³/mol. The molecule has 32 valence electrons. The molecule has 5 heteroatoms. The molecule has 0 amide bonds. The lowest BCUT2D eigenvalue weighted by atomic mass is 13.9. The van der Waals surface area contributed by atoms with E-state index in [0.717, 1.165) is 0 Å². The molecule has 0 radical (unpaired) electrons. The zero-order chi connectivity index (χ0) is 4.50. The summed E-state index contributed by atoms with van der Waals surface area (Å²) >= 11 is 0. The Morgan fingerprint density at radius 1 is 1.60 bits per heavy atom. The van der Waals surface area contributed by atoms with Gasteiger partial charge in [-0.15, -0.1) is 0 Å². The fourth-order valence-electron chi connectivity index (χ4n) is 0. The molecule has 0 aromatic rings. The topological polar surface area (TPSA) is 49.9 Å². The summed E-state index contributed by atoms with van der Waals surface area (Å²) in [6.45, 7) is 0. The normalized spacial score (nSPS) is 11.8. The van der Waals surface area contributed by atoms with Crippen LogP contribution in [0.5, 0.6) is 0 Å². The lowest BCUT2D eigenvalue weighted by Gasteiger charge is -1.81. The minimum atomic E-state index is -4.64. The molecule has 0 fully saturated rings. The van der Waals surface area contributed by atoms with E-state index in [1.807, 2.05) is 0 Å². The van der Waals surface area contributed by atoms with Crippen LogP contribution in [0.4, 0.5) is 8.39 Å². The molecular weight excluding hydrogens is 97.0 g/mol. The number of hydrogen-bond donors (Lipinski definition) is 2. The Kier molecular flexibility index (Phi) is 1.04. The van der Waals surface area contributed by atoms with Crippen LogP contribution in [-0.4, -0.2) is 0 Å². The predicted octanol–water partition coefficient (Wildman–Crippen LogP) is 1.41. The van der Waals surface area contributed by atoms with Gasteiger partial charge < -0.3 is 0 Å². The molecule has 3 N–H and O–H groups in total. The summed E-state index contributed by atoms with van der Waals surface area (Å²) in [5.41, 5.74) is 3.80. The van der Waals surface area contributed by atoms with Crippen molar-refractivity contribution < 1.29 is 8.39 Å². The molecule has 0 bridgehead atoms. The van der Waals surface area contributed by atoms with Crippen LogP contribution in [0.1, 0.15) is 0 Å². The van der Waals surface area contributed by atoms with Gasteiger partial charge in [0, 0.05) is 0 Å². The second kappa shape index (κ2) is 1.03. The van der Waals surface area contributed by atoms with Gasteiger partial charge in [0.25, 0.3) is 0 Å². The maximum absolute atomic E-state index is 10.6. The van der Waals surface area contributed by atoms with Crippen molar-refractivity contribution >= 4 is 7.83 Å². The highest BCUT2D eigenvalue weighted by Gasteiger charge is 1.97. The molecule has 0 aliphatic rings. The minimum Gasteiger partial charge on any atom is -0.249 e. The third kappa shape index (κ3) is 6810. The van der Waals surface area contributed by atoms with Crippen molar-refractivity contribution in [3.05, 3.63) is 0 Å². The number of rotatable bonds is 0. The number of nitrogens with one attached hydrogen (secondary N) is 1. The Hall–Kier alpha value is 0.0500. The Bertz CT molecular complexity index is 53.8. The lowest BCUT2D eigenvalue weighted by molar-refractivity contribution is 0.716. The van der Waals surface area contributed by atoms with Crippen molar-refractivity contribution in [1.82, 2.24) is 0 Å². The molecular formula is H3F2N2P. The van der Waals surface area contributed by atoms with Crippen molar-refractivity contribution in [2.75, 3.05) is 0 Å². The van der Waals surface area contributed by atoms with Crippen LogP contribution in [0, 0.1) is 5.16 Å². The molecule has 0 saturated heterocycles. The largest absolute Gasteiger partial charge is 0.359 e. The average Bonchev–Trinajstić information content (AvgIpc) is 0.722. The Morgan fingerprint density at radius 3 is 1.60 bits per heavy atom. The van der Waals surface area contributed by atoms with Gasteiger partial charge >= 0.3 is 7.83 Å². The molecule has 0 aromatic heterocycles. The second-order valence-corrected chi connectivity index (χ2v) is 1.67. The molecule has 0 aliphatic carbocycles. The van der Waals surface area contributed by atoms with Gasteiger partial charge in [-0.05, 0) is 0 Å². The first-order valence-electron chi connectivity index (χ1n) is 0.820. The SMILES string of the molecule is N=P(N)(F)F. The van der Waals surface area contributed by atoms with Crippen molar-refractivity contribution in [1.29, 1.82) is 5.16 Å². The van der Waals surface area contributed by atoms with Crippen molar-refractivity contribution in [3.63, 3.8) is 0 Å². The quantitative estimate of drug-likeness (QED) is 0.444. The van der Waals surface area contributed by atoms with Crippen molar-refractivity contribution in [2.45, 2.75) is 0 Å². The number of halogens is 2. The summed E-state index contributed by atoms with van der Waals surface area (Å²) in [5, 5.41) is 5.49. The highest BCUT2D eigenvalue weighted by molar-refractivity contribution is 7.51. The van der Waals surface area contributed by atoms with Crippen LogP contribution in [0.3, 0.4) is 0 Å². The molecule has 0 heterocycles. The van der Waals surface area contributed by atoms with E-state index in [9.17, 15) is 8.39 Å². The van der Waals surface area contributed by atoms with Gasteiger partial charge in [0.2, 0.25) is 0 Å². The minimum absolute atomic E-state index is 3.80. The van der Waals surface area contributed by atoms with Crippen LogP contribution in [0.2, 0.25) is 0 Å². The summed E-state index contributed by atoms with van der Waals surface area (Å²) in [4.78, 5) is 0. The zero-order valence-electron chi connectivity index (χ0n) is 2.28. The molecule has 0 atom stereocenters. The highest BCUT2D eigenvalue weighted by Crippen LogP contribution is 2.39. The van der Waals surface area contributed by atoms with Gasteiger partial charge in [0.1, 0.15) is 0 Å². The van der Waals surface area contributed by atoms with Gasteiger partial charge in [0.05, 0.1) is 0 Å². The molecule has 5 heavy (non-hydrogen) atoms. The smallest absolute Gasteiger partial charge is 0.249 e. The summed E-state index contributed by atoms with van der Waals surface area (Å²) in [5.74, 6) is 0. The van der Waals surface area contributed by atoms with E-state index in [2.05, 4.69) is 5.50 Å². The molecule has 2 nitrogen and oxygen atoms in total. The van der Waals surface area contributed by atoms with E-state index in [1.165, 1.54) is 0 Å². The fourth-order valence-corrected chi connectivity index (χ4v) is 0. The summed E-state index contributed by atoms with van der Waals surface area (Å²) in [7, 11) is -4.64.